The van der Waals surface area contributed by atoms with E-state index in [1.165, 1.54) is 25.7 Å². The van der Waals surface area contributed by atoms with Crippen molar-refractivity contribution in [2.75, 3.05) is 6.61 Å². The molecule has 0 aromatic heterocycles. The Balaban J connectivity index is 2.03. The molecule has 1 saturated carbocycles. The van der Waals surface area contributed by atoms with Crippen molar-refractivity contribution in [2.45, 2.75) is 44.4 Å². The first-order valence-electron chi connectivity index (χ1n) is 4.22. The maximum Gasteiger partial charge on any atom is 0.119 e. The molecule has 0 unspecified atom stereocenters. The lowest BCUT2D eigenvalue weighted by Gasteiger charge is -2.22. The molecule has 2 heteroatoms. The lowest BCUT2D eigenvalue weighted by molar-refractivity contribution is -0.00357. The lowest BCUT2D eigenvalue weighted by Crippen LogP contribution is -2.40. The minimum absolute atomic E-state index is 0.111. The normalized spacial score (nSPS) is 37.5. The molecule has 10 heavy (non-hydrogen) atoms. The highest BCUT2D eigenvalue weighted by Gasteiger charge is 2.40. The Morgan fingerprint density at radius 1 is 1.40 bits per heavy atom. The molecule has 2 rings (SSSR count). The first-order chi connectivity index (χ1) is 4.81. The molecule has 0 aromatic carbocycles. The molecule has 1 atom stereocenters. The fourth-order valence-corrected chi connectivity index (χ4v) is 2.05. The maximum absolute atomic E-state index is 5.70. The van der Waals surface area contributed by atoms with E-state index < -0.39 is 0 Å². The van der Waals surface area contributed by atoms with Gasteiger partial charge in [-0.3, -0.25) is 5.32 Å². The summed E-state index contributed by atoms with van der Waals surface area (Å²) < 4.78 is 5.70. The van der Waals surface area contributed by atoms with Gasteiger partial charge in [-0.25, -0.2) is 0 Å². The molecule has 0 amide bonds. The lowest BCUT2D eigenvalue weighted by atomic mass is 10.2. The van der Waals surface area contributed by atoms with Crippen molar-refractivity contribution in [3.8, 4) is 0 Å². The van der Waals surface area contributed by atoms with E-state index in [1.807, 2.05) is 0 Å². The van der Waals surface area contributed by atoms with Crippen LogP contribution in [0, 0.1) is 0 Å². The van der Waals surface area contributed by atoms with Gasteiger partial charge in [0.1, 0.15) is 5.72 Å². The zero-order valence-corrected chi connectivity index (χ0v) is 6.52. The van der Waals surface area contributed by atoms with Crippen LogP contribution in [0.5, 0.6) is 0 Å². The molecule has 1 saturated heterocycles. The van der Waals surface area contributed by atoms with Gasteiger partial charge in [-0.2, -0.15) is 0 Å². The van der Waals surface area contributed by atoms with Crippen LogP contribution in [0.25, 0.3) is 0 Å². The highest BCUT2D eigenvalue weighted by molar-refractivity contribution is 4.90. The predicted molar refractivity (Wildman–Crippen MR) is 39.7 cm³/mol. The van der Waals surface area contributed by atoms with Crippen LogP contribution in [0.4, 0.5) is 0 Å². The van der Waals surface area contributed by atoms with E-state index in [-0.39, 0.29) is 5.72 Å². The van der Waals surface area contributed by atoms with E-state index in [2.05, 4.69) is 12.2 Å². The summed E-state index contributed by atoms with van der Waals surface area (Å²) in [5.74, 6) is 0. The Kier molecular flexibility index (Phi) is 1.46. The molecule has 0 bridgehead atoms. The van der Waals surface area contributed by atoms with Crippen molar-refractivity contribution in [1.29, 1.82) is 0 Å². The molecule has 58 valence electrons. The number of ether oxygens (including phenoxy) is 1. The van der Waals surface area contributed by atoms with E-state index in [4.69, 9.17) is 4.74 Å². The molecular weight excluding hydrogens is 126 g/mol. The smallest absolute Gasteiger partial charge is 0.119 e. The number of hydrogen-bond acceptors (Lipinski definition) is 2. The summed E-state index contributed by atoms with van der Waals surface area (Å²) in [7, 11) is 0. The van der Waals surface area contributed by atoms with Gasteiger partial charge in [-0.15, -0.1) is 0 Å². The largest absolute Gasteiger partial charge is 0.359 e. The first-order valence-corrected chi connectivity index (χ1v) is 4.22. The van der Waals surface area contributed by atoms with Crippen molar-refractivity contribution in [1.82, 2.24) is 5.32 Å². The van der Waals surface area contributed by atoms with Gasteiger partial charge in [0.05, 0.1) is 6.61 Å². The van der Waals surface area contributed by atoms with Gasteiger partial charge >= 0.3 is 0 Å². The van der Waals surface area contributed by atoms with Crippen molar-refractivity contribution in [3.05, 3.63) is 0 Å². The van der Waals surface area contributed by atoms with Crippen LogP contribution in [0.15, 0.2) is 0 Å². The topological polar surface area (TPSA) is 21.3 Å². The van der Waals surface area contributed by atoms with E-state index >= 15 is 0 Å². The Labute approximate surface area is 61.9 Å². The van der Waals surface area contributed by atoms with Crippen molar-refractivity contribution >= 4 is 0 Å². The molecule has 2 aliphatic rings. The molecule has 1 aliphatic heterocycles. The molecule has 0 radical (unpaired) electrons. The molecule has 2 fully saturated rings. The maximum atomic E-state index is 5.70. The standard InChI is InChI=1S/C8H15NO/c1-7-6-10-8(9-7)4-2-3-5-8/h7,9H,2-6H2,1H3/t7-/m1/s1. The van der Waals surface area contributed by atoms with Gasteiger partial charge in [-0.1, -0.05) is 0 Å². The third-order valence-electron chi connectivity index (χ3n) is 2.53. The quantitative estimate of drug-likeness (QED) is 0.548. The van der Waals surface area contributed by atoms with Crippen molar-refractivity contribution in [3.63, 3.8) is 0 Å². The number of hydrogen-bond donors (Lipinski definition) is 1. The summed E-state index contributed by atoms with van der Waals surface area (Å²) in [6.07, 6.45) is 5.11. The summed E-state index contributed by atoms with van der Waals surface area (Å²) in [5.41, 5.74) is 0.111. The van der Waals surface area contributed by atoms with Crippen molar-refractivity contribution in [2.24, 2.45) is 0 Å². The van der Waals surface area contributed by atoms with Crippen LogP contribution in [0.1, 0.15) is 32.6 Å². The molecule has 0 aromatic rings. The predicted octanol–water partition coefficient (Wildman–Crippen LogP) is 1.26. The third kappa shape index (κ3) is 0.956. The second-order valence-corrected chi connectivity index (χ2v) is 3.56. The zero-order chi connectivity index (χ0) is 7.03. The van der Waals surface area contributed by atoms with Crippen LogP contribution >= 0.6 is 0 Å². The summed E-state index contributed by atoms with van der Waals surface area (Å²) in [6, 6.07) is 0.568. The van der Waals surface area contributed by atoms with Gasteiger partial charge in [-0.05, 0) is 32.6 Å². The molecule has 2 nitrogen and oxygen atoms in total. The van der Waals surface area contributed by atoms with E-state index in [0.29, 0.717) is 6.04 Å². The Bertz CT molecular complexity index is 129. The second-order valence-electron chi connectivity index (χ2n) is 3.56. The molecular formula is C8H15NO. The second kappa shape index (κ2) is 2.21. The third-order valence-corrected chi connectivity index (χ3v) is 2.53. The van der Waals surface area contributed by atoms with Gasteiger partial charge in [0.2, 0.25) is 0 Å². The summed E-state index contributed by atoms with van der Waals surface area (Å²) in [6.45, 7) is 3.09. The highest BCUT2D eigenvalue weighted by Crippen LogP contribution is 2.34. The average Bonchev–Trinajstić information content (AvgIpc) is 2.46. The zero-order valence-electron chi connectivity index (χ0n) is 6.52. The van der Waals surface area contributed by atoms with Crippen molar-refractivity contribution < 1.29 is 4.74 Å². The van der Waals surface area contributed by atoms with E-state index in [0.717, 1.165) is 6.61 Å². The summed E-state index contributed by atoms with van der Waals surface area (Å²) in [4.78, 5) is 0. The Hall–Kier alpha value is -0.0800. The fraction of sp³-hybridized carbons (Fsp3) is 1.00. The molecule has 1 aliphatic carbocycles. The number of rotatable bonds is 0. The van der Waals surface area contributed by atoms with E-state index in [9.17, 15) is 0 Å². The minimum atomic E-state index is 0.111. The van der Waals surface area contributed by atoms with Gasteiger partial charge in [0, 0.05) is 6.04 Å². The van der Waals surface area contributed by atoms with Crippen LogP contribution < -0.4 is 5.32 Å². The van der Waals surface area contributed by atoms with Gasteiger partial charge < -0.3 is 4.74 Å². The summed E-state index contributed by atoms with van der Waals surface area (Å²) >= 11 is 0. The first kappa shape index (κ1) is 6.62. The monoisotopic (exact) mass is 141 g/mol. The Morgan fingerprint density at radius 2 is 2.10 bits per heavy atom. The van der Waals surface area contributed by atoms with Crippen LogP contribution in [-0.2, 0) is 4.74 Å². The average molecular weight is 141 g/mol. The van der Waals surface area contributed by atoms with E-state index in [1.54, 1.807) is 0 Å². The van der Waals surface area contributed by atoms with Gasteiger partial charge in [0.15, 0.2) is 0 Å². The molecule has 1 spiro atoms. The molecule has 1 heterocycles. The SMILES string of the molecule is C[C@@H]1COC2(CCCC2)N1. The highest BCUT2D eigenvalue weighted by atomic mass is 16.5. The Morgan fingerprint density at radius 3 is 2.60 bits per heavy atom. The van der Waals surface area contributed by atoms with Crippen LogP contribution in [0.2, 0.25) is 0 Å². The number of nitrogens with one attached hydrogen (secondary N) is 1. The summed E-state index contributed by atoms with van der Waals surface area (Å²) in [5, 5.41) is 3.51. The van der Waals surface area contributed by atoms with Gasteiger partial charge in [0.25, 0.3) is 0 Å². The fourth-order valence-electron chi connectivity index (χ4n) is 2.05. The van der Waals surface area contributed by atoms with Crippen LogP contribution in [0.3, 0.4) is 0 Å². The molecule has 1 N–H and O–H groups in total. The van der Waals surface area contributed by atoms with Crippen LogP contribution in [-0.4, -0.2) is 18.4 Å². The minimum Gasteiger partial charge on any atom is -0.359 e.